The van der Waals surface area contributed by atoms with Crippen LogP contribution >= 0.6 is 0 Å². The topological polar surface area (TPSA) is 47.0 Å². The minimum atomic E-state index is 0.0286. The lowest BCUT2D eigenvalue weighted by Gasteiger charge is -2.24. The van der Waals surface area contributed by atoms with Gasteiger partial charge in [-0.3, -0.25) is 0 Å². The van der Waals surface area contributed by atoms with Crippen molar-refractivity contribution >= 4 is 5.82 Å². The first-order chi connectivity index (χ1) is 6.68. The average Bonchev–Trinajstić information content (AvgIpc) is 2.51. The van der Waals surface area contributed by atoms with E-state index in [4.69, 9.17) is 4.74 Å². The van der Waals surface area contributed by atoms with E-state index in [2.05, 4.69) is 22.2 Å². The van der Waals surface area contributed by atoms with Crippen molar-refractivity contribution in [3.63, 3.8) is 0 Å². The van der Waals surface area contributed by atoms with E-state index in [9.17, 15) is 0 Å². The molecule has 0 aliphatic carbocycles. The highest BCUT2D eigenvalue weighted by Gasteiger charge is 2.29. The van der Waals surface area contributed by atoms with E-state index in [0.717, 1.165) is 31.1 Å². The van der Waals surface area contributed by atoms with Gasteiger partial charge in [0, 0.05) is 18.4 Å². The number of hydrogen-bond donors (Lipinski definition) is 1. The summed E-state index contributed by atoms with van der Waals surface area (Å²) in [7, 11) is 0. The number of anilines is 1. The second-order valence-electron chi connectivity index (χ2n) is 4.03. The first-order valence-corrected chi connectivity index (χ1v) is 4.83. The van der Waals surface area contributed by atoms with E-state index in [0.29, 0.717) is 0 Å². The largest absolute Gasteiger partial charge is 0.379 e. The Kier molecular flexibility index (Phi) is 2.37. The van der Waals surface area contributed by atoms with Crippen LogP contribution in [0.15, 0.2) is 12.4 Å². The van der Waals surface area contributed by atoms with Crippen molar-refractivity contribution in [1.29, 1.82) is 0 Å². The quantitative estimate of drug-likeness (QED) is 0.770. The van der Waals surface area contributed by atoms with E-state index >= 15 is 0 Å². The van der Waals surface area contributed by atoms with Gasteiger partial charge in [-0.2, -0.15) is 0 Å². The first-order valence-electron chi connectivity index (χ1n) is 4.83. The lowest BCUT2D eigenvalue weighted by molar-refractivity contribution is 0.185. The molecule has 4 heteroatoms. The molecule has 1 saturated heterocycles. The standard InChI is InChI=1S/C10H15N3O/c1-8-5-9(12-7-11-8)13-10(2)3-4-14-6-10/h5,7H,3-4,6H2,1-2H3,(H,11,12,13). The molecule has 2 rings (SSSR count). The van der Waals surface area contributed by atoms with Crippen LogP contribution in [0.3, 0.4) is 0 Å². The molecular weight excluding hydrogens is 178 g/mol. The van der Waals surface area contributed by atoms with E-state index in [1.807, 2.05) is 13.0 Å². The number of aromatic nitrogens is 2. The highest BCUT2D eigenvalue weighted by molar-refractivity contribution is 5.38. The maximum absolute atomic E-state index is 5.36. The normalized spacial score (nSPS) is 26.4. The summed E-state index contributed by atoms with van der Waals surface area (Å²) >= 11 is 0. The molecule has 1 aromatic heterocycles. The van der Waals surface area contributed by atoms with Crippen LogP contribution in [-0.2, 0) is 4.74 Å². The second kappa shape index (κ2) is 3.53. The van der Waals surface area contributed by atoms with Crippen LogP contribution in [0.1, 0.15) is 19.0 Å². The fraction of sp³-hybridized carbons (Fsp3) is 0.600. The number of hydrogen-bond acceptors (Lipinski definition) is 4. The summed E-state index contributed by atoms with van der Waals surface area (Å²) in [5.74, 6) is 0.880. The summed E-state index contributed by atoms with van der Waals surface area (Å²) in [6.45, 7) is 5.68. The summed E-state index contributed by atoms with van der Waals surface area (Å²) in [6.07, 6.45) is 2.60. The van der Waals surface area contributed by atoms with Crippen LogP contribution in [0.25, 0.3) is 0 Å². The molecule has 1 aliphatic rings. The van der Waals surface area contributed by atoms with Crippen LogP contribution in [0.2, 0.25) is 0 Å². The second-order valence-corrected chi connectivity index (χ2v) is 4.03. The van der Waals surface area contributed by atoms with Crippen LogP contribution < -0.4 is 5.32 Å². The molecular formula is C10H15N3O. The Balaban J connectivity index is 2.10. The van der Waals surface area contributed by atoms with Gasteiger partial charge in [-0.05, 0) is 20.3 Å². The minimum absolute atomic E-state index is 0.0286. The number of ether oxygens (including phenoxy) is 1. The Morgan fingerprint density at radius 3 is 3.00 bits per heavy atom. The van der Waals surface area contributed by atoms with Gasteiger partial charge in [0.25, 0.3) is 0 Å². The number of nitrogens with zero attached hydrogens (tertiary/aromatic N) is 2. The van der Waals surface area contributed by atoms with Crippen molar-refractivity contribution in [1.82, 2.24) is 9.97 Å². The van der Waals surface area contributed by atoms with Crippen LogP contribution in [-0.4, -0.2) is 28.7 Å². The predicted molar refractivity (Wildman–Crippen MR) is 54.2 cm³/mol. The molecule has 1 N–H and O–H groups in total. The van der Waals surface area contributed by atoms with Gasteiger partial charge in [-0.1, -0.05) is 0 Å². The van der Waals surface area contributed by atoms with Crippen LogP contribution in [0, 0.1) is 6.92 Å². The molecule has 0 saturated carbocycles. The van der Waals surface area contributed by atoms with E-state index in [-0.39, 0.29) is 5.54 Å². The lowest BCUT2D eigenvalue weighted by atomic mass is 10.0. The van der Waals surface area contributed by atoms with Crippen molar-refractivity contribution in [2.75, 3.05) is 18.5 Å². The Hall–Kier alpha value is -1.16. The molecule has 1 fully saturated rings. The van der Waals surface area contributed by atoms with E-state index in [1.165, 1.54) is 0 Å². The molecule has 1 atom stereocenters. The average molecular weight is 193 g/mol. The molecule has 2 heterocycles. The molecule has 0 aromatic carbocycles. The Morgan fingerprint density at radius 2 is 2.36 bits per heavy atom. The van der Waals surface area contributed by atoms with Crippen molar-refractivity contribution < 1.29 is 4.74 Å². The molecule has 4 nitrogen and oxygen atoms in total. The third-order valence-electron chi connectivity index (χ3n) is 2.45. The highest BCUT2D eigenvalue weighted by atomic mass is 16.5. The Labute approximate surface area is 83.7 Å². The Morgan fingerprint density at radius 1 is 1.50 bits per heavy atom. The van der Waals surface area contributed by atoms with Gasteiger partial charge in [-0.15, -0.1) is 0 Å². The number of aryl methyl sites for hydroxylation is 1. The molecule has 0 radical (unpaired) electrons. The fourth-order valence-electron chi connectivity index (χ4n) is 1.60. The van der Waals surface area contributed by atoms with Gasteiger partial charge in [0.15, 0.2) is 0 Å². The molecule has 1 aromatic rings. The van der Waals surface area contributed by atoms with Crippen LogP contribution in [0.4, 0.5) is 5.82 Å². The van der Waals surface area contributed by atoms with E-state index < -0.39 is 0 Å². The Bertz CT molecular complexity index is 321. The van der Waals surface area contributed by atoms with Crippen molar-refractivity contribution in [2.45, 2.75) is 25.8 Å². The molecule has 76 valence electrons. The molecule has 1 unspecified atom stereocenters. The number of nitrogens with one attached hydrogen (secondary N) is 1. The molecule has 1 aliphatic heterocycles. The monoisotopic (exact) mass is 193 g/mol. The fourth-order valence-corrected chi connectivity index (χ4v) is 1.60. The van der Waals surface area contributed by atoms with Gasteiger partial charge < -0.3 is 10.1 Å². The zero-order valence-corrected chi connectivity index (χ0v) is 8.58. The summed E-state index contributed by atoms with van der Waals surface area (Å²) in [5.41, 5.74) is 1.01. The SMILES string of the molecule is Cc1cc(NC2(C)CCOC2)ncn1. The summed E-state index contributed by atoms with van der Waals surface area (Å²) in [5, 5.41) is 3.38. The number of rotatable bonds is 2. The molecule has 14 heavy (non-hydrogen) atoms. The zero-order chi connectivity index (χ0) is 10.0. The maximum atomic E-state index is 5.36. The van der Waals surface area contributed by atoms with Gasteiger partial charge in [-0.25, -0.2) is 9.97 Å². The smallest absolute Gasteiger partial charge is 0.130 e. The van der Waals surface area contributed by atoms with Gasteiger partial charge in [0.1, 0.15) is 12.1 Å². The predicted octanol–water partition coefficient (Wildman–Crippen LogP) is 1.38. The van der Waals surface area contributed by atoms with Gasteiger partial charge >= 0.3 is 0 Å². The molecule has 0 amide bonds. The van der Waals surface area contributed by atoms with E-state index in [1.54, 1.807) is 6.33 Å². The van der Waals surface area contributed by atoms with Crippen LogP contribution in [0.5, 0.6) is 0 Å². The van der Waals surface area contributed by atoms with Crippen molar-refractivity contribution in [3.8, 4) is 0 Å². The van der Waals surface area contributed by atoms with Gasteiger partial charge in [0.2, 0.25) is 0 Å². The molecule has 0 spiro atoms. The lowest BCUT2D eigenvalue weighted by Crippen LogP contribution is -2.35. The minimum Gasteiger partial charge on any atom is -0.379 e. The van der Waals surface area contributed by atoms with Crippen molar-refractivity contribution in [3.05, 3.63) is 18.1 Å². The maximum Gasteiger partial charge on any atom is 0.130 e. The molecule has 0 bridgehead atoms. The summed E-state index contributed by atoms with van der Waals surface area (Å²) in [6, 6.07) is 1.95. The highest BCUT2D eigenvalue weighted by Crippen LogP contribution is 2.22. The summed E-state index contributed by atoms with van der Waals surface area (Å²) < 4.78 is 5.36. The zero-order valence-electron chi connectivity index (χ0n) is 8.58. The van der Waals surface area contributed by atoms with Crippen molar-refractivity contribution in [2.24, 2.45) is 0 Å². The third-order valence-corrected chi connectivity index (χ3v) is 2.45. The third kappa shape index (κ3) is 2.01. The summed E-state index contributed by atoms with van der Waals surface area (Å²) in [4.78, 5) is 8.23. The first kappa shape index (κ1) is 9.40. The van der Waals surface area contributed by atoms with Gasteiger partial charge in [0.05, 0.1) is 12.1 Å².